The summed E-state index contributed by atoms with van der Waals surface area (Å²) in [6.45, 7) is 1.91. The Labute approximate surface area is 195 Å². The third-order valence-electron chi connectivity index (χ3n) is 6.51. The Kier molecular flexibility index (Phi) is 5.56. The second-order valence-electron chi connectivity index (χ2n) is 8.36. The average molecular weight is 500 g/mol. The number of nitrogens with zero attached hydrogens (tertiary/aromatic N) is 4. The van der Waals surface area contributed by atoms with Crippen LogP contribution in [0.25, 0.3) is 0 Å². The second-order valence-corrected chi connectivity index (χ2v) is 9.28. The van der Waals surface area contributed by atoms with Gasteiger partial charge in [0.1, 0.15) is 24.2 Å². The number of halogens is 1. The van der Waals surface area contributed by atoms with E-state index >= 15 is 0 Å². The van der Waals surface area contributed by atoms with Gasteiger partial charge >= 0.3 is 6.03 Å². The van der Waals surface area contributed by atoms with E-state index in [1.807, 2.05) is 48.5 Å². The Hall–Kier alpha value is -2.62. The molecule has 3 unspecified atom stereocenters. The van der Waals surface area contributed by atoms with Crippen LogP contribution in [-0.4, -0.2) is 72.4 Å². The lowest BCUT2D eigenvalue weighted by atomic mass is 10.1. The van der Waals surface area contributed by atoms with Crippen LogP contribution in [0.1, 0.15) is 12.0 Å². The third kappa shape index (κ3) is 3.54. The van der Waals surface area contributed by atoms with Gasteiger partial charge in [-0.1, -0.05) is 34.1 Å². The van der Waals surface area contributed by atoms with E-state index in [4.69, 9.17) is 4.74 Å². The van der Waals surface area contributed by atoms with Gasteiger partial charge in [0.2, 0.25) is 0 Å². The molecule has 32 heavy (non-hydrogen) atoms. The molecule has 3 amide bonds. The number of anilines is 1. The highest BCUT2D eigenvalue weighted by Crippen LogP contribution is 2.34. The number of ether oxygens (including phenoxy) is 1. The normalized spacial score (nSPS) is 25.7. The minimum atomic E-state index is -0.424. The summed E-state index contributed by atoms with van der Waals surface area (Å²) in [6, 6.07) is 14.9. The zero-order chi connectivity index (χ0) is 22.4. The van der Waals surface area contributed by atoms with E-state index in [1.54, 1.807) is 19.1 Å². The fourth-order valence-corrected chi connectivity index (χ4v) is 5.15. The Morgan fingerprint density at radius 2 is 1.91 bits per heavy atom. The van der Waals surface area contributed by atoms with Gasteiger partial charge in [0.05, 0.1) is 13.7 Å². The fourth-order valence-electron chi connectivity index (χ4n) is 4.89. The van der Waals surface area contributed by atoms with Crippen LogP contribution in [0.15, 0.2) is 53.0 Å². The maximum absolute atomic E-state index is 13.6. The summed E-state index contributed by atoms with van der Waals surface area (Å²) in [5.74, 6) is 0.641. The quantitative estimate of drug-likeness (QED) is 0.697. The zero-order valence-corrected chi connectivity index (χ0v) is 19.7. The number of benzene rings is 2. The van der Waals surface area contributed by atoms with E-state index in [-0.39, 0.29) is 30.9 Å². The number of rotatable bonds is 4. The molecule has 0 aromatic heterocycles. The van der Waals surface area contributed by atoms with Gasteiger partial charge in [-0.3, -0.25) is 19.9 Å². The lowest BCUT2D eigenvalue weighted by molar-refractivity contribution is -0.139. The molecular weight excluding hydrogens is 474 g/mol. The maximum atomic E-state index is 13.6. The lowest BCUT2D eigenvalue weighted by Gasteiger charge is -2.44. The molecule has 5 rings (SSSR count). The Balaban J connectivity index is 1.42. The van der Waals surface area contributed by atoms with Crippen molar-refractivity contribution in [2.45, 2.75) is 31.5 Å². The number of carbonyl (C=O) groups is 2. The first kappa shape index (κ1) is 21.2. The number of hydrogen-bond acceptors (Lipinski definition) is 6. The fraction of sp³-hybridized carbons (Fsp3) is 0.391. The summed E-state index contributed by atoms with van der Waals surface area (Å²) in [5, 5.41) is 3.55. The molecule has 0 saturated carbocycles. The summed E-state index contributed by atoms with van der Waals surface area (Å²) >= 11 is 3.43. The number of methoxy groups -OCH3 is 1. The van der Waals surface area contributed by atoms with Crippen LogP contribution in [0.4, 0.5) is 10.5 Å². The van der Waals surface area contributed by atoms with Crippen molar-refractivity contribution in [2.75, 3.05) is 32.1 Å². The van der Waals surface area contributed by atoms with Gasteiger partial charge in [-0.2, -0.15) is 0 Å². The molecule has 3 heterocycles. The van der Waals surface area contributed by atoms with Crippen LogP contribution in [0.2, 0.25) is 0 Å². The van der Waals surface area contributed by atoms with E-state index in [0.717, 1.165) is 41.0 Å². The number of imide groups is 1. The highest BCUT2D eigenvalue weighted by atomic mass is 79.9. The molecule has 3 atom stereocenters. The van der Waals surface area contributed by atoms with Crippen molar-refractivity contribution in [1.82, 2.24) is 20.0 Å². The van der Waals surface area contributed by atoms with Crippen LogP contribution >= 0.6 is 15.9 Å². The van der Waals surface area contributed by atoms with Crippen LogP contribution in [0.3, 0.4) is 0 Å². The van der Waals surface area contributed by atoms with Crippen molar-refractivity contribution in [2.24, 2.45) is 0 Å². The molecule has 168 valence electrons. The number of hydrogen-bond donors (Lipinski definition) is 1. The molecule has 8 nitrogen and oxygen atoms in total. The summed E-state index contributed by atoms with van der Waals surface area (Å²) in [5.41, 5.74) is 1.94. The number of likely N-dealkylation sites (N-methyl/N-ethyl adjacent to an activating group) is 1. The van der Waals surface area contributed by atoms with Crippen LogP contribution < -0.4 is 15.0 Å². The number of nitrogens with one attached hydrogen (secondary N) is 1. The van der Waals surface area contributed by atoms with Gasteiger partial charge in [0.15, 0.2) is 0 Å². The third-order valence-corrected chi connectivity index (χ3v) is 7.04. The Morgan fingerprint density at radius 1 is 1.12 bits per heavy atom. The van der Waals surface area contributed by atoms with Crippen LogP contribution in [0, 0.1) is 0 Å². The van der Waals surface area contributed by atoms with Gasteiger partial charge in [0, 0.05) is 36.4 Å². The minimum Gasteiger partial charge on any atom is -0.497 e. The van der Waals surface area contributed by atoms with E-state index in [0.29, 0.717) is 0 Å². The minimum absolute atomic E-state index is 0.150. The van der Waals surface area contributed by atoms with Crippen molar-refractivity contribution in [3.8, 4) is 5.75 Å². The SMILES string of the molecule is COc1cccc(N2CCCN3C4C(=O)N(Cc5ccc(Br)cc5)C(=O)N(C)C4NC23)c1. The summed E-state index contributed by atoms with van der Waals surface area (Å²) in [4.78, 5) is 34.2. The van der Waals surface area contributed by atoms with E-state index in [2.05, 4.69) is 31.0 Å². The summed E-state index contributed by atoms with van der Waals surface area (Å²) in [7, 11) is 3.42. The van der Waals surface area contributed by atoms with Crippen molar-refractivity contribution in [1.29, 1.82) is 0 Å². The van der Waals surface area contributed by atoms with Gasteiger partial charge in [-0.25, -0.2) is 4.79 Å². The molecule has 1 N–H and O–H groups in total. The highest BCUT2D eigenvalue weighted by molar-refractivity contribution is 9.10. The van der Waals surface area contributed by atoms with Gasteiger partial charge in [-0.15, -0.1) is 0 Å². The molecule has 3 saturated heterocycles. The highest BCUT2D eigenvalue weighted by Gasteiger charge is 2.56. The molecule has 2 aromatic rings. The standard InChI is InChI=1S/C23H26BrN5O3/c1-26-20-19(21(30)29(23(26)31)14-15-7-9-16(24)10-8-15)28-12-4-11-27(22(28)25-20)17-5-3-6-18(13-17)32-2/h3,5-10,13,19-20,22,25H,4,11-12,14H2,1-2H3. The molecule has 3 fully saturated rings. The average Bonchev–Trinajstić information content (AvgIpc) is 3.22. The van der Waals surface area contributed by atoms with E-state index < -0.39 is 6.04 Å². The molecule has 2 aromatic carbocycles. The van der Waals surface area contributed by atoms with Gasteiger partial charge in [-0.05, 0) is 36.2 Å². The van der Waals surface area contributed by atoms with Crippen molar-refractivity contribution in [3.63, 3.8) is 0 Å². The van der Waals surface area contributed by atoms with E-state index in [9.17, 15) is 9.59 Å². The lowest BCUT2D eigenvalue weighted by Crippen LogP contribution is -2.66. The molecule has 0 spiro atoms. The first-order valence-corrected chi connectivity index (χ1v) is 11.5. The van der Waals surface area contributed by atoms with Gasteiger partial charge in [0.25, 0.3) is 5.91 Å². The van der Waals surface area contributed by atoms with Crippen molar-refractivity contribution >= 4 is 33.6 Å². The predicted molar refractivity (Wildman–Crippen MR) is 124 cm³/mol. The molecule has 0 aliphatic carbocycles. The van der Waals surface area contributed by atoms with Crippen LogP contribution in [0.5, 0.6) is 5.75 Å². The second kappa shape index (κ2) is 8.38. The maximum Gasteiger partial charge on any atom is 0.328 e. The number of carbonyl (C=O) groups excluding carboxylic acids is 2. The smallest absolute Gasteiger partial charge is 0.328 e. The zero-order valence-electron chi connectivity index (χ0n) is 18.1. The molecule has 9 heteroatoms. The number of fused-ring (bicyclic) bond motifs is 3. The predicted octanol–water partition coefficient (Wildman–Crippen LogP) is 2.65. The molecule has 3 aliphatic rings. The molecular formula is C23H26BrN5O3. The summed E-state index contributed by atoms with van der Waals surface area (Å²) in [6.07, 6.45) is 0.390. The Morgan fingerprint density at radius 3 is 2.66 bits per heavy atom. The monoisotopic (exact) mass is 499 g/mol. The topological polar surface area (TPSA) is 68.4 Å². The first-order valence-electron chi connectivity index (χ1n) is 10.7. The number of amides is 3. The summed E-state index contributed by atoms with van der Waals surface area (Å²) < 4.78 is 6.36. The number of urea groups is 1. The largest absolute Gasteiger partial charge is 0.497 e. The molecule has 3 aliphatic heterocycles. The van der Waals surface area contributed by atoms with Crippen molar-refractivity contribution < 1.29 is 14.3 Å². The van der Waals surface area contributed by atoms with Crippen molar-refractivity contribution in [3.05, 3.63) is 58.6 Å². The molecule has 0 radical (unpaired) electrons. The Bertz CT molecular complexity index is 1030. The van der Waals surface area contributed by atoms with E-state index in [1.165, 1.54) is 4.90 Å². The first-order chi connectivity index (χ1) is 15.5. The van der Waals surface area contributed by atoms with Crippen LogP contribution in [-0.2, 0) is 11.3 Å². The van der Waals surface area contributed by atoms with Gasteiger partial charge < -0.3 is 14.5 Å². The molecule has 0 bridgehead atoms.